The average Bonchev–Trinajstić information content (AvgIpc) is 2.55. The molecule has 2 aliphatic heterocycles. The smallest absolute Gasteiger partial charge is 0.224 e. The summed E-state index contributed by atoms with van der Waals surface area (Å²) in [6.07, 6.45) is 1.80. The maximum absolute atomic E-state index is 12.0. The third-order valence-corrected chi connectivity index (χ3v) is 3.96. The Balaban J connectivity index is 1.46. The fourth-order valence-corrected chi connectivity index (χ4v) is 2.67. The summed E-state index contributed by atoms with van der Waals surface area (Å²) in [6, 6.07) is 5.85. The van der Waals surface area contributed by atoms with Crippen molar-refractivity contribution in [3.63, 3.8) is 0 Å². The van der Waals surface area contributed by atoms with Gasteiger partial charge in [-0.3, -0.25) is 9.59 Å². The van der Waals surface area contributed by atoms with Gasteiger partial charge in [-0.25, -0.2) is 0 Å². The lowest BCUT2D eigenvalue weighted by Gasteiger charge is -2.21. The van der Waals surface area contributed by atoms with E-state index in [0.29, 0.717) is 39.1 Å². The highest BCUT2D eigenvalue weighted by atomic mass is 16.6. The van der Waals surface area contributed by atoms with Crippen molar-refractivity contribution >= 4 is 11.8 Å². The molecule has 0 bridgehead atoms. The van der Waals surface area contributed by atoms with Crippen LogP contribution in [0, 0.1) is 5.92 Å². The predicted molar refractivity (Wildman–Crippen MR) is 79.9 cm³/mol. The van der Waals surface area contributed by atoms with Crippen LogP contribution in [0.15, 0.2) is 18.2 Å². The van der Waals surface area contributed by atoms with Gasteiger partial charge in [0.15, 0.2) is 11.5 Å². The summed E-state index contributed by atoms with van der Waals surface area (Å²) in [6.45, 7) is 2.17. The number of hydrogen-bond donors (Lipinski definition) is 2. The Morgan fingerprint density at radius 1 is 1.27 bits per heavy atom. The van der Waals surface area contributed by atoms with Gasteiger partial charge in [-0.1, -0.05) is 6.07 Å². The molecule has 1 aromatic carbocycles. The molecule has 118 valence electrons. The van der Waals surface area contributed by atoms with E-state index in [1.54, 1.807) is 0 Å². The van der Waals surface area contributed by atoms with Crippen LogP contribution in [0.4, 0.5) is 0 Å². The summed E-state index contributed by atoms with van der Waals surface area (Å²) in [7, 11) is 0. The monoisotopic (exact) mass is 304 g/mol. The van der Waals surface area contributed by atoms with Gasteiger partial charge in [0.25, 0.3) is 0 Å². The van der Waals surface area contributed by atoms with Gasteiger partial charge < -0.3 is 20.1 Å². The van der Waals surface area contributed by atoms with Gasteiger partial charge in [-0.05, 0) is 30.5 Å². The molecule has 6 nitrogen and oxygen atoms in total. The zero-order valence-corrected chi connectivity index (χ0v) is 12.4. The van der Waals surface area contributed by atoms with E-state index in [4.69, 9.17) is 9.47 Å². The van der Waals surface area contributed by atoms with Crippen LogP contribution in [-0.4, -0.2) is 38.1 Å². The van der Waals surface area contributed by atoms with E-state index < -0.39 is 0 Å². The molecule has 0 unspecified atom stereocenters. The first-order valence-corrected chi connectivity index (χ1v) is 7.65. The van der Waals surface area contributed by atoms with E-state index in [1.165, 1.54) is 0 Å². The molecule has 22 heavy (non-hydrogen) atoms. The van der Waals surface area contributed by atoms with Gasteiger partial charge in [-0.2, -0.15) is 0 Å². The Morgan fingerprint density at radius 2 is 2.09 bits per heavy atom. The molecule has 6 heteroatoms. The molecule has 1 fully saturated rings. The minimum Gasteiger partial charge on any atom is -0.486 e. The highest BCUT2D eigenvalue weighted by Crippen LogP contribution is 2.30. The van der Waals surface area contributed by atoms with Gasteiger partial charge in [0, 0.05) is 19.5 Å². The molecule has 2 heterocycles. The van der Waals surface area contributed by atoms with Crippen LogP contribution in [-0.2, 0) is 16.0 Å². The number of hydrogen-bond acceptors (Lipinski definition) is 4. The number of fused-ring (bicyclic) bond motifs is 1. The first-order chi connectivity index (χ1) is 10.7. The number of rotatable bonds is 4. The number of ether oxygens (including phenoxy) is 2. The van der Waals surface area contributed by atoms with Gasteiger partial charge in [0.05, 0.1) is 5.92 Å². The standard InChI is InChI=1S/C16H20N2O4/c19-15-4-2-12(10-18-15)16(20)17-6-5-11-1-3-13-14(9-11)22-8-7-21-13/h1,3,9,12H,2,4-8,10H2,(H,17,20)(H,18,19)/t12-/m1/s1. The van der Waals surface area contributed by atoms with Crippen molar-refractivity contribution in [3.05, 3.63) is 23.8 Å². The molecule has 0 spiro atoms. The Bertz CT molecular complexity index is 563. The minimum atomic E-state index is -0.113. The lowest BCUT2D eigenvalue weighted by Crippen LogP contribution is -2.43. The highest BCUT2D eigenvalue weighted by molar-refractivity contribution is 5.83. The molecule has 1 saturated heterocycles. The number of piperidine rings is 1. The quantitative estimate of drug-likeness (QED) is 0.856. The summed E-state index contributed by atoms with van der Waals surface area (Å²) in [5, 5.41) is 5.66. The average molecular weight is 304 g/mol. The SMILES string of the molecule is O=C1CC[C@@H](C(=O)NCCc2ccc3c(c2)OCCO3)CN1. The van der Waals surface area contributed by atoms with Gasteiger partial charge >= 0.3 is 0 Å². The van der Waals surface area contributed by atoms with E-state index >= 15 is 0 Å². The molecule has 1 aromatic rings. The third kappa shape index (κ3) is 3.50. The fourth-order valence-electron chi connectivity index (χ4n) is 2.67. The Morgan fingerprint density at radius 3 is 2.86 bits per heavy atom. The maximum atomic E-state index is 12.0. The van der Waals surface area contributed by atoms with Crippen molar-refractivity contribution in [2.24, 2.45) is 5.92 Å². The molecular weight excluding hydrogens is 284 g/mol. The van der Waals surface area contributed by atoms with Gasteiger partial charge in [0.1, 0.15) is 13.2 Å². The van der Waals surface area contributed by atoms with Crippen molar-refractivity contribution in [3.8, 4) is 11.5 Å². The first-order valence-electron chi connectivity index (χ1n) is 7.65. The van der Waals surface area contributed by atoms with E-state index in [9.17, 15) is 9.59 Å². The number of benzene rings is 1. The topological polar surface area (TPSA) is 76.7 Å². The van der Waals surface area contributed by atoms with Crippen LogP contribution in [0.25, 0.3) is 0 Å². The van der Waals surface area contributed by atoms with Crippen molar-refractivity contribution in [2.75, 3.05) is 26.3 Å². The van der Waals surface area contributed by atoms with Crippen LogP contribution in [0.1, 0.15) is 18.4 Å². The molecule has 2 aliphatic rings. The molecule has 2 amide bonds. The van der Waals surface area contributed by atoms with Crippen molar-refractivity contribution in [1.82, 2.24) is 10.6 Å². The molecule has 1 atom stereocenters. The number of amides is 2. The number of carbonyl (C=O) groups is 2. The Kier molecular flexibility index (Phi) is 4.46. The van der Waals surface area contributed by atoms with Crippen LogP contribution in [0.5, 0.6) is 11.5 Å². The van der Waals surface area contributed by atoms with Crippen LogP contribution >= 0.6 is 0 Å². The van der Waals surface area contributed by atoms with Crippen LogP contribution in [0.3, 0.4) is 0 Å². The van der Waals surface area contributed by atoms with Crippen molar-refractivity contribution < 1.29 is 19.1 Å². The summed E-state index contributed by atoms with van der Waals surface area (Å²) in [4.78, 5) is 23.1. The summed E-state index contributed by atoms with van der Waals surface area (Å²) in [5.41, 5.74) is 1.10. The highest BCUT2D eigenvalue weighted by Gasteiger charge is 2.23. The molecule has 0 aliphatic carbocycles. The Hall–Kier alpha value is -2.24. The van der Waals surface area contributed by atoms with Crippen molar-refractivity contribution in [2.45, 2.75) is 19.3 Å². The van der Waals surface area contributed by atoms with E-state index in [2.05, 4.69) is 10.6 Å². The second kappa shape index (κ2) is 6.68. The molecule has 0 saturated carbocycles. The van der Waals surface area contributed by atoms with Gasteiger partial charge in [-0.15, -0.1) is 0 Å². The lowest BCUT2D eigenvalue weighted by atomic mass is 9.98. The normalized spacial score (nSPS) is 20.2. The minimum absolute atomic E-state index is 0.0116. The zero-order valence-electron chi connectivity index (χ0n) is 12.4. The van der Waals surface area contributed by atoms with E-state index in [1.807, 2.05) is 18.2 Å². The van der Waals surface area contributed by atoms with Crippen LogP contribution in [0.2, 0.25) is 0 Å². The molecule has 0 radical (unpaired) electrons. The molecule has 2 N–H and O–H groups in total. The second-order valence-corrected chi connectivity index (χ2v) is 5.56. The molecule has 3 rings (SSSR count). The van der Waals surface area contributed by atoms with Crippen LogP contribution < -0.4 is 20.1 Å². The Labute approximate surface area is 129 Å². The predicted octanol–water partition coefficient (Wildman–Crippen LogP) is 0.643. The fraction of sp³-hybridized carbons (Fsp3) is 0.500. The maximum Gasteiger partial charge on any atom is 0.224 e. The van der Waals surface area contributed by atoms with Gasteiger partial charge in [0.2, 0.25) is 11.8 Å². The first kappa shape index (κ1) is 14.7. The van der Waals surface area contributed by atoms with Crippen molar-refractivity contribution in [1.29, 1.82) is 0 Å². The molecular formula is C16H20N2O4. The van der Waals surface area contributed by atoms with E-state index in [0.717, 1.165) is 23.5 Å². The van der Waals surface area contributed by atoms with E-state index in [-0.39, 0.29) is 17.7 Å². The second-order valence-electron chi connectivity index (χ2n) is 5.56. The zero-order chi connectivity index (χ0) is 15.4. The largest absolute Gasteiger partial charge is 0.486 e. The molecule has 0 aromatic heterocycles. The lowest BCUT2D eigenvalue weighted by molar-refractivity contribution is -0.128. The summed E-state index contributed by atoms with van der Waals surface area (Å²) < 4.78 is 11.0. The summed E-state index contributed by atoms with van der Waals surface area (Å²) in [5.74, 6) is 1.47. The number of nitrogens with one attached hydrogen (secondary N) is 2. The third-order valence-electron chi connectivity index (χ3n) is 3.96. The summed E-state index contributed by atoms with van der Waals surface area (Å²) >= 11 is 0. The number of carbonyl (C=O) groups excluding carboxylic acids is 2.